The Kier molecular flexibility index (Phi) is 3.12. The average Bonchev–Trinajstić information content (AvgIpc) is 1.63. The zero-order valence-electron chi connectivity index (χ0n) is 5.73. The second-order valence-electron chi connectivity index (χ2n) is 1.89. The summed E-state index contributed by atoms with van der Waals surface area (Å²) in [6.07, 6.45) is -2.44. The van der Waals surface area contributed by atoms with Crippen LogP contribution in [0.3, 0.4) is 0 Å². The van der Waals surface area contributed by atoms with E-state index in [1.54, 1.807) is 14.1 Å². The molecule has 0 rings (SSSR count). The molecule has 0 N–H and O–H groups in total. The lowest BCUT2D eigenvalue weighted by atomic mass is 10.5. The summed E-state index contributed by atoms with van der Waals surface area (Å²) in [6.45, 7) is 1.30. The average molecular weight is 136 g/mol. The largest absolute Gasteiger partial charge is 0.303 e. The zero-order valence-corrected chi connectivity index (χ0v) is 5.73. The lowest BCUT2D eigenvalue weighted by Gasteiger charge is -2.05. The van der Waals surface area contributed by atoms with E-state index in [0.29, 0.717) is 0 Å². The van der Waals surface area contributed by atoms with Crippen LogP contribution < -0.4 is 0 Å². The van der Waals surface area contributed by atoms with E-state index in [1.807, 2.05) is 0 Å². The van der Waals surface area contributed by atoms with Crippen molar-refractivity contribution in [3.05, 3.63) is 0 Å². The van der Waals surface area contributed by atoms with Gasteiger partial charge in [0.15, 0.2) is 0 Å². The quantitative estimate of drug-likeness (QED) is 0.411. The van der Waals surface area contributed by atoms with Gasteiger partial charge in [0.05, 0.1) is 0 Å². The van der Waals surface area contributed by atoms with E-state index in [0.717, 1.165) is 0 Å². The molecule has 0 unspecified atom stereocenters. The first-order chi connectivity index (χ1) is 4.04. The van der Waals surface area contributed by atoms with E-state index < -0.39 is 6.43 Å². The summed E-state index contributed by atoms with van der Waals surface area (Å²) in [5.74, 6) is 0. The van der Waals surface area contributed by atoms with Crippen LogP contribution in [0.15, 0.2) is 5.10 Å². The van der Waals surface area contributed by atoms with Crippen LogP contribution in [-0.2, 0) is 0 Å². The highest BCUT2D eigenvalue weighted by Crippen LogP contribution is 1.95. The topological polar surface area (TPSA) is 15.6 Å². The summed E-state index contributed by atoms with van der Waals surface area (Å²) < 4.78 is 23.3. The van der Waals surface area contributed by atoms with Crippen molar-refractivity contribution in [3.63, 3.8) is 0 Å². The van der Waals surface area contributed by atoms with Crippen molar-refractivity contribution >= 4 is 5.71 Å². The molecule has 0 spiro atoms. The molecule has 0 aromatic rings. The van der Waals surface area contributed by atoms with E-state index in [-0.39, 0.29) is 5.71 Å². The molecule has 0 saturated heterocycles. The van der Waals surface area contributed by atoms with Gasteiger partial charge in [-0.1, -0.05) is 0 Å². The molecule has 9 heavy (non-hydrogen) atoms. The Morgan fingerprint density at radius 3 is 2.00 bits per heavy atom. The molecule has 0 aromatic heterocycles. The molecule has 0 fully saturated rings. The van der Waals surface area contributed by atoms with Crippen molar-refractivity contribution in [1.29, 1.82) is 0 Å². The van der Waals surface area contributed by atoms with Crippen LogP contribution in [0.2, 0.25) is 0 Å². The van der Waals surface area contributed by atoms with Crippen molar-refractivity contribution in [3.8, 4) is 0 Å². The van der Waals surface area contributed by atoms with Crippen LogP contribution in [0.5, 0.6) is 0 Å². The first-order valence-corrected chi connectivity index (χ1v) is 2.54. The molecule has 0 atom stereocenters. The lowest BCUT2D eigenvalue weighted by Crippen LogP contribution is -2.12. The fourth-order valence-corrected chi connectivity index (χ4v) is 0.359. The van der Waals surface area contributed by atoms with Gasteiger partial charge in [-0.2, -0.15) is 5.10 Å². The maximum atomic E-state index is 11.6. The Balaban J connectivity index is 3.84. The first-order valence-electron chi connectivity index (χ1n) is 2.54. The van der Waals surface area contributed by atoms with Gasteiger partial charge in [0, 0.05) is 14.1 Å². The van der Waals surface area contributed by atoms with Gasteiger partial charge in [0.1, 0.15) is 5.71 Å². The number of rotatable bonds is 2. The first kappa shape index (κ1) is 8.33. The molecule has 0 aliphatic heterocycles. The van der Waals surface area contributed by atoms with E-state index in [1.165, 1.54) is 11.9 Å². The van der Waals surface area contributed by atoms with Crippen molar-refractivity contribution < 1.29 is 8.78 Å². The van der Waals surface area contributed by atoms with Crippen LogP contribution in [0.1, 0.15) is 6.92 Å². The predicted molar refractivity (Wildman–Crippen MR) is 32.8 cm³/mol. The Hall–Kier alpha value is -0.670. The Bertz CT molecular complexity index is 110. The maximum absolute atomic E-state index is 11.6. The van der Waals surface area contributed by atoms with Gasteiger partial charge < -0.3 is 5.01 Å². The minimum Gasteiger partial charge on any atom is -0.303 e. The van der Waals surface area contributed by atoms with Gasteiger partial charge in [-0.3, -0.25) is 0 Å². The molecule has 2 nitrogen and oxygen atoms in total. The molecule has 0 aliphatic carbocycles. The van der Waals surface area contributed by atoms with Gasteiger partial charge in [-0.25, -0.2) is 8.78 Å². The fourth-order valence-electron chi connectivity index (χ4n) is 0.359. The maximum Gasteiger partial charge on any atom is 0.278 e. The molecule has 4 heteroatoms. The van der Waals surface area contributed by atoms with Crippen LogP contribution in [-0.4, -0.2) is 31.2 Å². The molecule has 0 aliphatic rings. The Morgan fingerprint density at radius 2 is 1.89 bits per heavy atom. The molecule has 0 heterocycles. The van der Waals surface area contributed by atoms with Crippen molar-refractivity contribution in [2.45, 2.75) is 13.3 Å². The minimum absolute atomic E-state index is 0.153. The van der Waals surface area contributed by atoms with Crippen molar-refractivity contribution in [2.24, 2.45) is 5.10 Å². The molecule has 0 saturated carbocycles. The number of halogens is 2. The van der Waals surface area contributed by atoms with Gasteiger partial charge in [0.25, 0.3) is 6.43 Å². The highest BCUT2D eigenvalue weighted by Gasteiger charge is 2.05. The molecule has 0 radical (unpaired) electrons. The number of nitrogens with zero attached hydrogens (tertiary/aromatic N) is 2. The predicted octanol–water partition coefficient (Wildman–Crippen LogP) is 1.19. The summed E-state index contributed by atoms with van der Waals surface area (Å²) in [5, 5.41) is 4.83. The molecule has 54 valence electrons. The minimum atomic E-state index is -2.44. The monoisotopic (exact) mass is 136 g/mol. The summed E-state index contributed by atoms with van der Waals surface area (Å²) in [4.78, 5) is 0. The molecule has 0 amide bonds. The second-order valence-corrected chi connectivity index (χ2v) is 1.89. The third-order valence-corrected chi connectivity index (χ3v) is 0.674. The molecular weight excluding hydrogens is 126 g/mol. The van der Waals surface area contributed by atoms with Gasteiger partial charge in [-0.05, 0) is 6.92 Å². The van der Waals surface area contributed by atoms with E-state index >= 15 is 0 Å². The smallest absolute Gasteiger partial charge is 0.278 e. The Labute approximate surface area is 53.2 Å². The summed E-state index contributed by atoms with van der Waals surface area (Å²) in [6, 6.07) is 0. The summed E-state index contributed by atoms with van der Waals surface area (Å²) in [5.41, 5.74) is -0.153. The molecule has 0 aromatic carbocycles. The highest BCUT2D eigenvalue weighted by atomic mass is 19.3. The van der Waals surface area contributed by atoms with Gasteiger partial charge in [0.2, 0.25) is 0 Å². The molecular formula is C5H10F2N2. The number of hydrogen-bond acceptors (Lipinski definition) is 2. The van der Waals surface area contributed by atoms with Gasteiger partial charge >= 0.3 is 0 Å². The molecule has 0 bridgehead atoms. The van der Waals surface area contributed by atoms with Crippen LogP contribution >= 0.6 is 0 Å². The van der Waals surface area contributed by atoms with Gasteiger partial charge in [-0.15, -0.1) is 0 Å². The van der Waals surface area contributed by atoms with Crippen molar-refractivity contribution in [1.82, 2.24) is 5.01 Å². The van der Waals surface area contributed by atoms with Crippen molar-refractivity contribution in [2.75, 3.05) is 14.1 Å². The number of hydrogen-bond donors (Lipinski definition) is 0. The van der Waals surface area contributed by atoms with Crippen LogP contribution in [0, 0.1) is 0 Å². The van der Waals surface area contributed by atoms with E-state index in [9.17, 15) is 8.78 Å². The normalized spacial score (nSPS) is 12.4. The number of hydrazone groups is 1. The summed E-state index contributed by atoms with van der Waals surface area (Å²) in [7, 11) is 3.21. The third kappa shape index (κ3) is 3.88. The standard InChI is InChI=1S/C5H10F2N2/c1-4(5(6)7)8-9(2)3/h5H,1-3H3/b8-4+. The number of alkyl halides is 2. The van der Waals surface area contributed by atoms with E-state index in [4.69, 9.17) is 0 Å². The Morgan fingerprint density at radius 1 is 1.44 bits per heavy atom. The highest BCUT2D eigenvalue weighted by molar-refractivity contribution is 5.84. The second kappa shape index (κ2) is 3.37. The summed E-state index contributed by atoms with van der Waals surface area (Å²) >= 11 is 0. The fraction of sp³-hybridized carbons (Fsp3) is 0.800. The zero-order chi connectivity index (χ0) is 7.44. The lowest BCUT2D eigenvalue weighted by molar-refractivity contribution is 0.221. The van der Waals surface area contributed by atoms with Crippen LogP contribution in [0.4, 0.5) is 8.78 Å². The SMILES string of the molecule is C/C(=N\N(C)C)C(F)F. The third-order valence-electron chi connectivity index (χ3n) is 0.674. The van der Waals surface area contributed by atoms with Crippen LogP contribution in [0.25, 0.3) is 0 Å². The van der Waals surface area contributed by atoms with E-state index in [2.05, 4.69) is 5.10 Å².